The summed E-state index contributed by atoms with van der Waals surface area (Å²) in [6.07, 6.45) is 8.10. The zero-order chi connectivity index (χ0) is 10.8. The Morgan fingerprint density at radius 1 is 0.800 bits per heavy atom. The molecule has 0 spiro atoms. The zero-order valence-electron chi connectivity index (χ0n) is 9.24. The van der Waals surface area contributed by atoms with E-state index >= 15 is 0 Å². The molecular formula is C12H20Br2O. The maximum Gasteiger partial charge on any atom is 0.0523 e. The lowest BCUT2D eigenvalue weighted by Crippen LogP contribution is -2.17. The molecule has 2 aliphatic carbocycles. The largest absolute Gasteiger partial charge is 0.380 e. The average Bonchev–Trinajstić information content (AvgIpc) is 3.08. The van der Waals surface area contributed by atoms with Crippen molar-refractivity contribution in [1.29, 1.82) is 0 Å². The van der Waals surface area contributed by atoms with Crippen LogP contribution in [0.3, 0.4) is 0 Å². The van der Waals surface area contributed by atoms with Gasteiger partial charge in [0, 0.05) is 10.7 Å². The molecule has 2 fully saturated rings. The van der Waals surface area contributed by atoms with Crippen LogP contribution in [0.25, 0.3) is 0 Å². The maximum atomic E-state index is 5.95. The molecule has 2 saturated carbocycles. The monoisotopic (exact) mass is 338 g/mol. The fourth-order valence-electron chi connectivity index (χ4n) is 2.17. The summed E-state index contributed by atoms with van der Waals surface area (Å²) in [7, 11) is 0. The van der Waals surface area contributed by atoms with Gasteiger partial charge >= 0.3 is 0 Å². The third-order valence-electron chi connectivity index (χ3n) is 3.98. The minimum Gasteiger partial charge on any atom is -0.380 e. The number of alkyl halides is 2. The van der Waals surface area contributed by atoms with Crippen molar-refractivity contribution in [3.05, 3.63) is 0 Å². The molecule has 2 rings (SSSR count). The first-order chi connectivity index (χ1) is 7.24. The van der Waals surface area contributed by atoms with E-state index in [4.69, 9.17) is 4.74 Å². The molecule has 0 amide bonds. The Bertz CT molecular complexity index is 188. The standard InChI is InChI=1S/C12H20Br2O/c13-7-5-11(1-2-11)9-15-10-12(3-4-12)6-8-14/h1-10H2. The van der Waals surface area contributed by atoms with Gasteiger partial charge in [0.15, 0.2) is 0 Å². The maximum absolute atomic E-state index is 5.95. The van der Waals surface area contributed by atoms with Crippen LogP contribution in [0, 0.1) is 10.8 Å². The summed E-state index contributed by atoms with van der Waals surface area (Å²) in [5.41, 5.74) is 1.13. The number of halogens is 2. The first-order valence-electron chi connectivity index (χ1n) is 5.94. The van der Waals surface area contributed by atoms with Crippen LogP contribution in [0.4, 0.5) is 0 Å². The van der Waals surface area contributed by atoms with Crippen LogP contribution >= 0.6 is 31.9 Å². The lowest BCUT2D eigenvalue weighted by atomic mass is 10.0. The van der Waals surface area contributed by atoms with Crippen molar-refractivity contribution in [2.24, 2.45) is 10.8 Å². The topological polar surface area (TPSA) is 9.23 Å². The van der Waals surface area contributed by atoms with Gasteiger partial charge in [-0.05, 0) is 49.4 Å². The van der Waals surface area contributed by atoms with E-state index in [0.717, 1.165) is 23.9 Å². The second kappa shape index (κ2) is 5.05. The summed E-state index contributed by atoms with van der Waals surface area (Å²) in [6, 6.07) is 0. The Morgan fingerprint density at radius 3 is 1.47 bits per heavy atom. The SMILES string of the molecule is BrCCC1(COCC2(CCBr)CC2)CC1. The first-order valence-corrected chi connectivity index (χ1v) is 8.18. The second-order valence-corrected chi connectivity index (χ2v) is 6.96. The Balaban J connectivity index is 1.62. The molecule has 88 valence electrons. The van der Waals surface area contributed by atoms with Crippen LogP contribution in [-0.2, 0) is 4.74 Å². The first kappa shape index (κ1) is 12.4. The van der Waals surface area contributed by atoms with Crippen molar-refractivity contribution in [2.45, 2.75) is 38.5 Å². The van der Waals surface area contributed by atoms with Gasteiger partial charge in [-0.1, -0.05) is 31.9 Å². The second-order valence-electron chi connectivity index (χ2n) is 5.37. The van der Waals surface area contributed by atoms with Gasteiger partial charge < -0.3 is 4.74 Å². The van der Waals surface area contributed by atoms with Gasteiger partial charge in [0.05, 0.1) is 13.2 Å². The van der Waals surface area contributed by atoms with Gasteiger partial charge in [-0.15, -0.1) is 0 Å². The summed E-state index contributed by atoms with van der Waals surface area (Å²) < 4.78 is 5.95. The highest BCUT2D eigenvalue weighted by Crippen LogP contribution is 2.52. The molecular weight excluding hydrogens is 320 g/mol. The number of rotatable bonds is 8. The van der Waals surface area contributed by atoms with E-state index in [2.05, 4.69) is 31.9 Å². The summed E-state index contributed by atoms with van der Waals surface area (Å²) in [4.78, 5) is 0. The van der Waals surface area contributed by atoms with Crippen molar-refractivity contribution in [3.63, 3.8) is 0 Å². The van der Waals surface area contributed by atoms with E-state index in [-0.39, 0.29) is 0 Å². The highest BCUT2D eigenvalue weighted by atomic mass is 79.9. The molecule has 0 atom stereocenters. The lowest BCUT2D eigenvalue weighted by molar-refractivity contribution is 0.0543. The molecule has 0 aromatic heterocycles. The van der Waals surface area contributed by atoms with E-state index in [1.54, 1.807) is 0 Å². The fourth-order valence-corrected chi connectivity index (χ4v) is 3.85. The van der Waals surface area contributed by atoms with Gasteiger partial charge in [0.2, 0.25) is 0 Å². The van der Waals surface area contributed by atoms with Crippen LogP contribution in [-0.4, -0.2) is 23.9 Å². The minimum atomic E-state index is 0.563. The predicted molar refractivity (Wildman–Crippen MR) is 71.0 cm³/mol. The van der Waals surface area contributed by atoms with E-state index in [0.29, 0.717) is 10.8 Å². The normalized spacial score (nSPS) is 25.2. The third kappa shape index (κ3) is 3.44. The van der Waals surface area contributed by atoms with Crippen molar-refractivity contribution >= 4 is 31.9 Å². The van der Waals surface area contributed by atoms with Crippen LogP contribution in [0.5, 0.6) is 0 Å². The molecule has 0 N–H and O–H groups in total. The Hall–Kier alpha value is 0.920. The van der Waals surface area contributed by atoms with Crippen LogP contribution in [0.2, 0.25) is 0 Å². The van der Waals surface area contributed by atoms with Crippen LogP contribution in [0.1, 0.15) is 38.5 Å². The molecule has 15 heavy (non-hydrogen) atoms. The van der Waals surface area contributed by atoms with Gasteiger partial charge in [-0.2, -0.15) is 0 Å². The molecule has 0 aliphatic heterocycles. The highest BCUT2D eigenvalue weighted by molar-refractivity contribution is 9.09. The van der Waals surface area contributed by atoms with E-state index in [1.165, 1.54) is 38.5 Å². The average molecular weight is 340 g/mol. The molecule has 0 aromatic rings. The highest BCUT2D eigenvalue weighted by Gasteiger charge is 2.45. The van der Waals surface area contributed by atoms with Crippen molar-refractivity contribution in [3.8, 4) is 0 Å². The molecule has 0 saturated heterocycles. The van der Waals surface area contributed by atoms with Gasteiger partial charge in [-0.3, -0.25) is 0 Å². The molecule has 0 aromatic carbocycles. The van der Waals surface area contributed by atoms with E-state index in [9.17, 15) is 0 Å². The molecule has 2 aliphatic rings. The molecule has 0 bridgehead atoms. The van der Waals surface area contributed by atoms with Crippen LogP contribution < -0.4 is 0 Å². The molecule has 3 heteroatoms. The minimum absolute atomic E-state index is 0.563. The van der Waals surface area contributed by atoms with Crippen molar-refractivity contribution in [1.82, 2.24) is 0 Å². The Kier molecular flexibility index (Phi) is 4.17. The molecule has 0 heterocycles. The number of ether oxygens (including phenoxy) is 1. The molecule has 0 radical (unpaired) electrons. The number of hydrogen-bond acceptors (Lipinski definition) is 1. The summed E-state index contributed by atoms with van der Waals surface area (Å²) in [6.45, 7) is 2.01. The zero-order valence-corrected chi connectivity index (χ0v) is 12.4. The Labute approximate surface area is 110 Å². The molecule has 1 nitrogen and oxygen atoms in total. The fraction of sp³-hybridized carbons (Fsp3) is 1.00. The Morgan fingerprint density at radius 2 is 1.20 bits per heavy atom. The van der Waals surface area contributed by atoms with Gasteiger partial charge in [0.25, 0.3) is 0 Å². The molecule has 0 unspecified atom stereocenters. The van der Waals surface area contributed by atoms with Crippen molar-refractivity contribution in [2.75, 3.05) is 23.9 Å². The predicted octanol–water partition coefficient (Wildman–Crippen LogP) is 4.13. The summed E-state index contributed by atoms with van der Waals surface area (Å²) in [5, 5.41) is 2.26. The smallest absolute Gasteiger partial charge is 0.0523 e. The number of hydrogen-bond donors (Lipinski definition) is 0. The van der Waals surface area contributed by atoms with E-state index < -0.39 is 0 Å². The summed E-state index contributed by atoms with van der Waals surface area (Å²) >= 11 is 7.06. The quantitative estimate of drug-likeness (QED) is 0.604. The van der Waals surface area contributed by atoms with Gasteiger partial charge in [0.1, 0.15) is 0 Å². The van der Waals surface area contributed by atoms with E-state index in [1.807, 2.05) is 0 Å². The third-order valence-corrected chi connectivity index (χ3v) is 4.77. The van der Waals surface area contributed by atoms with Crippen LogP contribution in [0.15, 0.2) is 0 Å². The summed E-state index contributed by atoms with van der Waals surface area (Å²) in [5.74, 6) is 0. The van der Waals surface area contributed by atoms with Gasteiger partial charge in [-0.25, -0.2) is 0 Å². The lowest BCUT2D eigenvalue weighted by Gasteiger charge is -2.18. The van der Waals surface area contributed by atoms with Crippen molar-refractivity contribution < 1.29 is 4.74 Å².